The Morgan fingerprint density at radius 1 is 0.643 bits per heavy atom. The van der Waals surface area contributed by atoms with E-state index in [9.17, 15) is 25.9 Å². The van der Waals surface area contributed by atoms with Crippen LogP contribution in [0.3, 0.4) is 0 Å². The number of benzene rings is 3. The molecule has 3 rings (SSSR count). The number of hydrogen-bond donors (Lipinski definition) is 2. The van der Waals surface area contributed by atoms with Gasteiger partial charge in [0.15, 0.2) is 0 Å². The molecular weight excluding hydrogens is 419 g/mol. The van der Waals surface area contributed by atoms with E-state index >= 15 is 0 Å². The highest BCUT2D eigenvalue weighted by molar-refractivity contribution is 7.86. The van der Waals surface area contributed by atoms with Crippen molar-refractivity contribution in [1.29, 1.82) is 0 Å². The van der Waals surface area contributed by atoms with Crippen molar-refractivity contribution < 1.29 is 25.9 Å². The first-order chi connectivity index (χ1) is 13.1. The van der Waals surface area contributed by atoms with Gasteiger partial charge in [0.05, 0.1) is 9.79 Å². The molecule has 0 saturated heterocycles. The molecule has 28 heavy (non-hydrogen) atoms. The minimum atomic E-state index is -4.39. The fourth-order valence-corrected chi connectivity index (χ4v) is 6.48. The van der Waals surface area contributed by atoms with Gasteiger partial charge < -0.3 is 0 Å². The third kappa shape index (κ3) is 4.66. The van der Waals surface area contributed by atoms with E-state index in [4.69, 9.17) is 0 Å². The Labute approximate surface area is 165 Å². The van der Waals surface area contributed by atoms with Crippen molar-refractivity contribution >= 4 is 44.1 Å². The molecule has 0 heterocycles. The van der Waals surface area contributed by atoms with Gasteiger partial charge in [0.25, 0.3) is 20.2 Å². The average molecular weight is 436 g/mol. The van der Waals surface area contributed by atoms with E-state index in [1.165, 1.54) is 36.4 Å². The maximum Gasteiger partial charge on any atom is 0.294 e. The maximum absolute atomic E-state index is 11.6. The molecule has 3 aromatic rings. The van der Waals surface area contributed by atoms with E-state index in [-0.39, 0.29) is 9.79 Å². The Kier molecular flexibility index (Phi) is 5.70. The van der Waals surface area contributed by atoms with Crippen molar-refractivity contribution in [2.24, 2.45) is 0 Å². The second kappa shape index (κ2) is 7.73. The van der Waals surface area contributed by atoms with Gasteiger partial charge in [0.1, 0.15) is 0 Å². The Morgan fingerprint density at radius 3 is 1.43 bits per heavy atom. The van der Waals surface area contributed by atoms with Gasteiger partial charge in [-0.25, -0.2) is 0 Å². The molecule has 0 unspecified atom stereocenters. The lowest BCUT2D eigenvalue weighted by molar-refractivity contribution is 0.481. The second-order valence-corrected chi connectivity index (χ2v) is 11.2. The molecule has 0 atom stereocenters. The van der Waals surface area contributed by atoms with Crippen LogP contribution in [0.1, 0.15) is 5.56 Å². The second-order valence-electron chi connectivity index (χ2n) is 6.12. The summed E-state index contributed by atoms with van der Waals surface area (Å²) in [6.07, 6.45) is 0. The summed E-state index contributed by atoms with van der Waals surface area (Å²) in [6.45, 7) is 1.92. The largest absolute Gasteiger partial charge is 0.294 e. The lowest BCUT2D eigenvalue weighted by Gasteiger charge is -2.20. The molecule has 9 heteroatoms. The Morgan fingerprint density at radius 2 is 1.04 bits per heavy atom. The van der Waals surface area contributed by atoms with Crippen molar-refractivity contribution in [2.45, 2.75) is 16.7 Å². The normalized spacial score (nSPS) is 12.3. The molecule has 2 N–H and O–H groups in total. The zero-order valence-corrected chi connectivity index (χ0v) is 17.2. The molecule has 0 amide bonds. The van der Waals surface area contributed by atoms with Crippen molar-refractivity contribution in [3.63, 3.8) is 0 Å². The van der Waals surface area contributed by atoms with Gasteiger partial charge in [-0.1, -0.05) is 54.1 Å². The summed E-state index contributed by atoms with van der Waals surface area (Å²) < 4.78 is 65.1. The first-order valence-electron chi connectivity index (χ1n) is 8.07. The predicted molar refractivity (Wildman–Crippen MR) is 110 cm³/mol. The van der Waals surface area contributed by atoms with Gasteiger partial charge in [-0.2, -0.15) is 16.8 Å². The van der Waals surface area contributed by atoms with E-state index in [1.807, 2.05) is 31.2 Å². The van der Waals surface area contributed by atoms with Crippen LogP contribution in [0.5, 0.6) is 0 Å². The van der Waals surface area contributed by atoms with Crippen LogP contribution < -0.4 is 15.9 Å². The van der Waals surface area contributed by atoms with E-state index in [1.54, 1.807) is 12.1 Å². The molecule has 0 bridgehead atoms. The summed E-state index contributed by atoms with van der Waals surface area (Å²) >= 11 is 0. The zero-order chi connectivity index (χ0) is 20.5. The summed E-state index contributed by atoms with van der Waals surface area (Å²) in [4.78, 5) is -0.479. The van der Waals surface area contributed by atoms with Gasteiger partial charge in [-0.3, -0.25) is 9.11 Å². The van der Waals surface area contributed by atoms with Crippen LogP contribution in [0.2, 0.25) is 0 Å². The third-order valence-corrected chi connectivity index (χ3v) is 8.09. The molecule has 6 nitrogen and oxygen atoms in total. The highest BCUT2D eigenvalue weighted by atomic mass is 32.2. The predicted octanol–water partition coefficient (Wildman–Crippen LogP) is 2.25. The third-order valence-electron chi connectivity index (χ3n) is 4.01. The standard InChI is InChI=1S/C19H17O6PS2/c1-14-5-2-6-15(11-14)26(16-7-3-9-18(12-16)27(20,21)22)17-8-4-10-19(13-17)28(23,24)25/h2-13H,1H3,(H,20,21,22)(H,23,24,25). The molecule has 3 aromatic carbocycles. The van der Waals surface area contributed by atoms with Crippen LogP contribution in [0.4, 0.5) is 0 Å². The topological polar surface area (TPSA) is 109 Å². The lowest BCUT2D eigenvalue weighted by atomic mass is 10.2. The first-order valence-corrected chi connectivity index (χ1v) is 12.3. The fraction of sp³-hybridized carbons (Fsp3) is 0.0526. The monoisotopic (exact) mass is 436 g/mol. The summed E-state index contributed by atoms with van der Waals surface area (Å²) in [6, 6.07) is 19.4. The van der Waals surface area contributed by atoms with Crippen molar-refractivity contribution in [1.82, 2.24) is 0 Å². The number of hydrogen-bond acceptors (Lipinski definition) is 4. The van der Waals surface area contributed by atoms with Gasteiger partial charge in [0.2, 0.25) is 0 Å². The van der Waals surface area contributed by atoms with Crippen LogP contribution in [-0.4, -0.2) is 25.9 Å². The van der Waals surface area contributed by atoms with Gasteiger partial charge in [0, 0.05) is 0 Å². The SMILES string of the molecule is Cc1cccc(P(c2cccc(S(=O)(=O)O)c2)c2cccc(S(=O)(=O)O)c2)c1. The Bertz CT molecular complexity index is 1160. The number of aryl methyl sites for hydroxylation is 1. The van der Waals surface area contributed by atoms with Crippen LogP contribution in [0.25, 0.3) is 0 Å². The highest BCUT2D eigenvalue weighted by Gasteiger charge is 2.21. The van der Waals surface area contributed by atoms with Crippen molar-refractivity contribution in [2.75, 3.05) is 0 Å². The molecular formula is C19H17O6PS2. The van der Waals surface area contributed by atoms with E-state index < -0.39 is 28.2 Å². The quantitative estimate of drug-likeness (QED) is 0.469. The smallest absolute Gasteiger partial charge is 0.282 e. The molecule has 0 aromatic heterocycles. The van der Waals surface area contributed by atoms with Crippen molar-refractivity contribution in [3.05, 3.63) is 78.4 Å². The van der Waals surface area contributed by atoms with Crippen LogP contribution >= 0.6 is 7.92 Å². The molecule has 0 aliphatic rings. The van der Waals surface area contributed by atoms with Crippen LogP contribution in [0, 0.1) is 6.92 Å². The number of rotatable bonds is 5. The van der Waals surface area contributed by atoms with Gasteiger partial charge >= 0.3 is 0 Å². The Balaban J connectivity index is 2.26. The van der Waals surface area contributed by atoms with Gasteiger partial charge in [-0.05, 0) is 55.0 Å². The summed E-state index contributed by atoms with van der Waals surface area (Å²) in [5.74, 6) is 0. The summed E-state index contributed by atoms with van der Waals surface area (Å²) in [7, 11) is -10.1. The van der Waals surface area contributed by atoms with E-state index in [0.29, 0.717) is 10.6 Å². The van der Waals surface area contributed by atoms with Crippen LogP contribution in [0.15, 0.2) is 82.6 Å². The maximum atomic E-state index is 11.6. The summed E-state index contributed by atoms with van der Waals surface area (Å²) in [5.41, 5.74) is 0.988. The summed E-state index contributed by atoms with van der Waals surface area (Å²) in [5, 5.41) is 2.10. The zero-order valence-electron chi connectivity index (χ0n) is 14.7. The molecule has 0 fully saturated rings. The minimum absolute atomic E-state index is 0.240. The molecule has 0 aliphatic heterocycles. The molecule has 0 saturated carbocycles. The molecule has 146 valence electrons. The minimum Gasteiger partial charge on any atom is -0.282 e. The van der Waals surface area contributed by atoms with E-state index in [0.717, 1.165) is 10.9 Å². The average Bonchev–Trinajstić information content (AvgIpc) is 2.61. The highest BCUT2D eigenvalue weighted by Crippen LogP contribution is 2.34. The van der Waals surface area contributed by atoms with E-state index in [2.05, 4.69) is 0 Å². The molecule has 0 spiro atoms. The molecule has 0 radical (unpaired) electrons. The molecule has 0 aliphatic carbocycles. The lowest BCUT2D eigenvalue weighted by Crippen LogP contribution is -2.22. The fourth-order valence-electron chi connectivity index (χ4n) is 2.78. The van der Waals surface area contributed by atoms with Crippen LogP contribution in [-0.2, 0) is 20.2 Å². The Hall–Kier alpha value is -2.09. The van der Waals surface area contributed by atoms with Gasteiger partial charge in [-0.15, -0.1) is 0 Å². The van der Waals surface area contributed by atoms with Crippen molar-refractivity contribution in [3.8, 4) is 0 Å². The first kappa shape index (κ1) is 20.6.